The van der Waals surface area contributed by atoms with Crippen molar-refractivity contribution in [1.29, 1.82) is 5.41 Å². The number of amides is 2. The molecule has 0 bridgehead atoms. The third kappa shape index (κ3) is 3.58. The number of nitrogens with one attached hydrogen (secondary N) is 4. The van der Waals surface area contributed by atoms with E-state index in [0.717, 1.165) is 4.90 Å². The predicted octanol–water partition coefficient (Wildman–Crippen LogP) is 2.09. The minimum atomic E-state index is -0.269. The van der Waals surface area contributed by atoms with Gasteiger partial charge in [0.2, 0.25) is 0 Å². The Hall–Kier alpha value is -3.00. The second-order valence-electron chi connectivity index (χ2n) is 5.31. The molecule has 0 atom stereocenters. The lowest BCUT2D eigenvalue weighted by Crippen LogP contribution is -2.26. The maximum Gasteiger partial charge on any atom is 0.273 e. The predicted molar refractivity (Wildman–Crippen MR) is 98.3 cm³/mol. The molecule has 0 saturated heterocycles. The van der Waals surface area contributed by atoms with Crippen LogP contribution in [0.2, 0.25) is 0 Å². The van der Waals surface area contributed by atoms with Crippen LogP contribution in [0.4, 0.5) is 5.69 Å². The van der Waals surface area contributed by atoms with Gasteiger partial charge in [0.15, 0.2) is 0 Å². The summed E-state index contributed by atoms with van der Waals surface area (Å²) in [7, 11) is 1.73. The van der Waals surface area contributed by atoms with E-state index in [1.165, 1.54) is 18.2 Å². The van der Waals surface area contributed by atoms with E-state index < -0.39 is 0 Å². The van der Waals surface area contributed by atoms with Gasteiger partial charge in [-0.05, 0) is 42.3 Å². The minimum Gasteiger partial charge on any atom is -0.394 e. The first-order valence-electron chi connectivity index (χ1n) is 7.58. The molecule has 0 aliphatic carbocycles. The lowest BCUT2D eigenvalue weighted by Gasteiger charge is -2.10. The second kappa shape index (κ2) is 7.27. The highest BCUT2D eigenvalue weighted by atomic mass is 32.2. The summed E-state index contributed by atoms with van der Waals surface area (Å²) in [5, 5.41) is 15.7. The van der Waals surface area contributed by atoms with Gasteiger partial charge in [0.25, 0.3) is 11.8 Å². The lowest BCUT2D eigenvalue weighted by molar-refractivity contribution is 0.0955. The van der Waals surface area contributed by atoms with Gasteiger partial charge in [-0.25, -0.2) is 0 Å². The van der Waals surface area contributed by atoms with Crippen molar-refractivity contribution >= 4 is 35.7 Å². The van der Waals surface area contributed by atoms with Gasteiger partial charge in [-0.1, -0.05) is 0 Å². The zero-order valence-corrected chi connectivity index (χ0v) is 14.3. The molecule has 1 aromatic carbocycles. The molecule has 0 spiro atoms. The van der Waals surface area contributed by atoms with E-state index in [1.807, 2.05) is 18.3 Å². The molecule has 3 rings (SSSR count). The van der Waals surface area contributed by atoms with Gasteiger partial charge in [-0.3, -0.25) is 13.6 Å². The number of hydrogen-bond acceptors (Lipinski definition) is 5. The van der Waals surface area contributed by atoms with Gasteiger partial charge in [-0.15, -0.1) is 0 Å². The average molecular weight is 355 g/mol. The van der Waals surface area contributed by atoms with Gasteiger partial charge < -0.3 is 21.4 Å². The average Bonchev–Trinajstić information content (AvgIpc) is 3.03. The molecular formula is C17H17N5O2S. The van der Waals surface area contributed by atoms with Crippen molar-refractivity contribution in [3.05, 3.63) is 59.6 Å². The number of anilines is 1. The van der Waals surface area contributed by atoms with Gasteiger partial charge in [0.05, 0.1) is 10.6 Å². The van der Waals surface area contributed by atoms with Crippen LogP contribution in [0.5, 0.6) is 0 Å². The van der Waals surface area contributed by atoms with Crippen LogP contribution in [0.15, 0.2) is 53.2 Å². The SMILES string of the molecule is CN/C=C(\C=N)CNC(=O)c1ccc2c(c1)NC(=O)c1cccn1S2. The molecule has 7 nitrogen and oxygen atoms in total. The lowest BCUT2D eigenvalue weighted by atomic mass is 10.1. The Morgan fingerprint density at radius 3 is 3.00 bits per heavy atom. The summed E-state index contributed by atoms with van der Waals surface area (Å²) >= 11 is 1.42. The quantitative estimate of drug-likeness (QED) is 0.617. The van der Waals surface area contributed by atoms with Gasteiger partial charge in [0.1, 0.15) is 5.69 Å². The monoisotopic (exact) mass is 355 g/mol. The molecule has 2 heterocycles. The van der Waals surface area contributed by atoms with E-state index in [2.05, 4.69) is 16.0 Å². The van der Waals surface area contributed by atoms with Crippen molar-refractivity contribution in [1.82, 2.24) is 14.6 Å². The molecule has 1 aliphatic heterocycles. The van der Waals surface area contributed by atoms with Crippen LogP contribution in [0, 0.1) is 5.41 Å². The van der Waals surface area contributed by atoms with Crippen molar-refractivity contribution in [3.63, 3.8) is 0 Å². The highest BCUT2D eigenvalue weighted by molar-refractivity contribution is 7.98. The van der Waals surface area contributed by atoms with Crippen LogP contribution < -0.4 is 16.0 Å². The second-order valence-corrected chi connectivity index (χ2v) is 6.33. The Kier molecular flexibility index (Phi) is 4.90. The zero-order chi connectivity index (χ0) is 17.8. The van der Waals surface area contributed by atoms with E-state index in [1.54, 1.807) is 35.4 Å². The Labute approximate surface area is 149 Å². The normalized spacial score (nSPS) is 13.2. The summed E-state index contributed by atoms with van der Waals surface area (Å²) in [6.45, 7) is 0.243. The first-order chi connectivity index (χ1) is 12.1. The number of carbonyl (C=O) groups is 2. The zero-order valence-electron chi connectivity index (χ0n) is 13.5. The van der Waals surface area contributed by atoms with Crippen LogP contribution in [-0.2, 0) is 0 Å². The minimum absolute atomic E-state index is 0.211. The van der Waals surface area contributed by atoms with Crippen LogP contribution in [0.3, 0.4) is 0 Å². The maximum atomic E-state index is 12.3. The highest BCUT2D eigenvalue weighted by Crippen LogP contribution is 2.33. The summed E-state index contributed by atoms with van der Waals surface area (Å²) in [4.78, 5) is 25.4. The molecule has 0 fully saturated rings. The Balaban J connectivity index is 1.78. The fourth-order valence-electron chi connectivity index (χ4n) is 2.38. The molecule has 4 N–H and O–H groups in total. The molecule has 8 heteroatoms. The van der Waals surface area contributed by atoms with E-state index in [4.69, 9.17) is 5.41 Å². The van der Waals surface area contributed by atoms with Crippen LogP contribution in [0.25, 0.3) is 0 Å². The molecular weight excluding hydrogens is 338 g/mol. The maximum absolute atomic E-state index is 12.3. The van der Waals surface area contributed by atoms with Crippen molar-refractivity contribution < 1.29 is 9.59 Å². The van der Waals surface area contributed by atoms with Gasteiger partial charge in [-0.2, -0.15) is 0 Å². The summed E-state index contributed by atoms with van der Waals surface area (Å²) in [5.74, 6) is -0.480. The number of nitrogens with zero attached hydrogens (tertiary/aromatic N) is 1. The van der Waals surface area contributed by atoms with Crippen LogP contribution in [-0.4, -0.2) is 35.6 Å². The summed E-state index contributed by atoms with van der Waals surface area (Å²) in [5.41, 5.74) is 2.25. The Morgan fingerprint density at radius 2 is 2.24 bits per heavy atom. The topological polar surface area (TPSA) is 99.0 Å². The number of aromatic nitrogens is 1. The smallest absolute Gasteiger partial charge is 0.273 e. The number of rotatable bonds is 5. The molecule has 2 aromatic rings. The van der Waals surface area contributed by atoms with Crippen molar-refractivity contribution in [2.75, 3.05) is 18.9 Å². The van der Waals surface area contributed by atoms with Crippen LogP contribution in [0.1, 0.15) is 20.8 Å². The van der Waals surface area contributed by atoms with E-state index in [0.29, 0.717) is 22.5 Å². The molecule has 25 heavy (non-hydrogen) atoms. The molecule has 1 aromatic heterocycles. The summed E-state index contributed by atoms with van der Waals surface area (Å²) < 4.78 is 1.79. The molecule has 0 radical (unpaired) electrons. The summed E-state index contributed by atoms with van der Waals surface area (Å²) in [6.07, 6.45) is 4.65. The van der Waals surface area contributed by atoms with Gasteiger partial charge >= 0.3 is 0 Å². The third-order valence-corrected chi connectivity index (χ3v) is 4.67. The number of benzene rings is 1. The third-order valence-electron chi connectivity index (χ3n) is 3.60. The molecule has 1 aliphatic rings. The molecule has 0 unspecified atom stereocenters. The first kappa shape index (κ1) is 16.8. The van der Waals surface area contributed by atoms with Crippen molar-refractivity contribution in [2.45, 2.75) is 4.90 Å². The molecule has 2 amide bonds. The molecule has 128 valence electrons. The standard InChI is InChI=1S/C17H17N5O2S/c1-19-9-11(8-18)10-20-16(23)12-4-5-15-13(7-12)21-17(24)14-3-2-6-22(14)25-15/h2-9,18-19H,10H2,1H3,(H,20,23)(H,21,24)/b11-9+,18-8?. The fraction of sp³-hybridized carbons (Fsp3) is 0.118. The number of fused-ring (bicyclic) bond motifs is 2. The van der Waals surface area contributed by atoms with E-state index >= 15 is 0 Å². The Morgan fingerprint density at radius 1 is 1.40 bits per heavy atom. The molecule has 0 saturated carbocycles. The van der Waals surface area contributed by atoms with Gasteiger partial charge in [0, 0.05) is 43.3 Å². The van der Waals surface area contributed by atoms with E-state index in [9.17, 15) is 9.59 Å². The van der Waals surface area contributed by atoms with Crippen molar-refractivity contribution in [3.8, 4) is 0 Å². The van der Waals surface area contributed by atoms with Crippen LogP contribution >= 0.6 is 11.9 Å². The van der Waals surface area contributed by atoms with E-state index in [-0.39, 0.29) is 18.4 Å². The first-order valence-corrected chi connectivity index (χ1v) is 8.36. The Bertz CT molecular complexity index is 872. The largest absolute Gasteiger partial charge is 0.394 e. The van der Waals surface area contributed by atoms with Crippen molar-refractivity contribution in [2.24, 2.45) is 0 Å². The number of carbonyl (C=O) groups excluding carboxylic acids is 2. The number of hydrogen-bond donors (Lipinski definition) is 4. The fourth-order valence-corrected chi connectivity index (χ4v) is 3.30. The summed E-state index contributed by atoms with van der Waals surface area (Å²) in [6, 6.07) is 8.75. The highest BCUT2D eigenvalue weighted by Gasteiger charge is 2.20.